The molecule has 0 atom stereocenters. The molecule has 0 unspecified atom stereocenters. The Morgan fingerprint density at radius 2 is 2.00 bits per heavy atom. The summed E-state index contributed by atoms with van der Waals surface area (Å²) in [6, 6.07) is 13.0. The van der Waals surface area contributed by atoms with Gasteiger partial charge < -0.3 is 14.6 Å². The van der Waals surface area contributed by atoms with Crippen LogP contribution in [0.2, 0.25) is 0 Å². The summed E-state index contributed by atoms with van der Waals surface area (Å²) >= 11 is 0. The summed E-state index contributed by atoms with van der Waals surface area (Å²) in [4.78, 5) is 37.4. The van der Waals surface area contributed by atoms with Gasteiger partial charge in [-0.3, -0.25) is 19.7 Å². The molecule has 3 aromatic rings. The van der Waals surface area contributed by atoms with E-state index in [4.69, 9.17) is 4.42 Å². The van der Waals surface area contributed by atoms with E-state index in [9.17, 15) is 19.7 Å². The highest BCUT2D eigenvalue weighted by Crippen LogP contribution is 2.31. The van der Waals surface area contributed by atoms with Crippen molar-refractivity contribution in [1.82, 2.24) is 0 Å². The molecule has 4 rings (SSSR count). The van der Waals surface area contributed by atoms with Gasteiger partial charge in [0.15, 0.2) is 5.76 Å². The van der Waals surface area contributed by atoms with Crippen LogP contribution in [0.15, 0.2) is 59.2 Å². The van der Waals surface area contributed by atoms with Crippen LogP contribution in [-0.2, 0) is 6.42 Å². The minimum absolute atomic E-state index is 0.0263. The van der Waals surface area contributed by atoms with E-state index in [1.165, 1.54) is 24.5 Å². The Balaban J connectivity index is 1.54. The average Bonchev–Trinajstić information content (AvgIpc) is 3.27. The van der Waals surface area contributed by atoms with Crippen LogP contribution in [0.25, 0.3) is 0 Å². The SMILES string of the molecule is Cc1cc(C(=O)Nc2ccc3c(c2)CCCN3C(=O)c2ccco2)ccc1[N+](=O)[O-]. The number of furan rings is 1. The number of aryl methyl sites for hydroxylation is 2. The molecule has 0 radical (unpaired) electrons. The zero-order valence-electron chi connectivity index (χ0n) is 16.3. The topological polar surface area (TPSA) is 106 Å². The predicted octanol–water partition coefficient (Wildman–Crippen LogP) is 4.34. The van der Waals surface area contributed by atoms with Crippen LogP contribution in [0.3, 0.4) is 0 Å². The number of fused-ring (bicyclic) bond motifs is 1. The third kappa shape index (κ3) is 3.67. The van der Waals surface area contributed by atoms with Gasteiger partial charge >= 0.3 is 0 Å². The minimum Gasteiger partial charge on any atom is -0.459 e. The Labute approximate surface area is 172 Å². The number of nitrogens with one attached hydrogen (secondary N) is 1. The summed E-state index contributed by atoms with van der Waals surface area (Å²) in [5.74, 6) is -0.264. The zero-order valence-corrected chi connectivity index (χ0v) is 16.3. The number of rotatable bonds is 4. The molecule has 0 bridgehead atoms. The molecule has 1 aliphatic rings. The molecule has 1 aliphatic heterocycles. The molecule has 30 heavy (non-hydrogen) atoms. The second kappa shape index (κ2) is 7.82. The lowest BCUT2D eigenvalue weighted by Crippen LogP contribution is -2.35. The Kier molecular flexibility index (Phi) is 5.05. The van der Waals surface area contributed by atoms with Gasteiger partial charge in [-0.2, -0.15) is 0 Å². The van der Waals surface area contributed by atoms with Gasteiger partial charge in [0.1, 0.15) is 0 Å². The molecule has 2 aromatic carbocycles. The van der Waals surface area contributed by atoms with E-state index in [2.05, 4.69) is 5.32 Å². The lowest BCUT2D eigenvalue weighted by Gasteiger charge is -2.29. The maximum absolute atomic E-state index is 12.7. The van der Waals surface area contributed by atoms with Gasteiger partial charge in [-0.05, 0) is 67.8 Å². The van der Waals surface area contributed by atoms with Crippen molar-refractivity contribution in [2.24, 2.45) is 0 Å². The number of nitro groups is 1. The molecular weight excluding hydrogens is 386 g/mol. The first-order valence-corrected chi connectivity index (χ1v) is 9.49. The zero-order chi connectivity index (χ0) is 21.3. The fraction of sp³-hybridized carbons (Fsp3) is 0.182. The number of hydrogen-bond acceptors (Lipinski definition) is 5. The smallest absolute Gasteiger partial charge is 0.293 e. The van der Waals surface area contributed by atoms with Crippen molar-refractivity contribution in [3.8, 4) is 0 Å². The van der Waals surface area contributed by atoms with Gasteiger partial charge in [0.25, 0.3) is 17.5 Å². The molecule has 8 nitrogen and oxygen atoms in total. The number of amides is 2. The number of hydrogen-bond donors (Lipinski definition) is 1. The lowest BCUT2D eigenvalue weighted by atomic mass is 10.0. The van der Waals surface area contributed by atoms with Crippen LogP contribution in [-0.4, -0.2) is 23.3 Å². The highest BCUT2D eigenvalue weighted by molar-refractivity contribution is 6.06. The summed E-state index contributed by atoms with van der Waals surface area (Å²) in [6.07, 6.45) is 3.06. The van der Waals surface area contributed by atoms with Crippen LogP contribution < -0.4 is 10.2 Å². The first-order chi connectivity index (χ1) is 14.4. The van der Waals surface area contributed by atoms with Crippen molar-refractivity contribution >= 4 is 28.9 Å². The molecule has 0 saturated carbocycles. The van der Waals surface area contributed by atoms with E-state index >= 15 is 0 Å². The maximum atomic E-state index is 12.7. The number of anilines is 2. The molecular formula is C22H19N3O5. The Bertz CT molecular complexity index is 1140. The third-order valence-electron chi connectivity index (χ3n) is 5.09. The van der Waals surface area contributed by atoms with Gasteiger partial charge in [-0.25, -0.2) is 0 Å². The summed E-state index contributed by atoms with van der Waals surface area (Å²) in [5, 5.41) is 13.8. The van der Waals surface area contributed by atoms with Crippen molar-refractivity contribution < 1.29 is 18.9 Å². The second-order valence-electron chi connectivity index (χ2n) is 7.09. The van der Waals surface area contributed by atoms with Crippen molar-refractivity contribution in [3.63, 3.8) is 0 Å². The van der Waals surface area contributed by atoms with E-state index in [0.717, 1.165) is 24.1 Å². The molecule has 0 spiro atoms. The van der Waals surface area contributed by atoms with Crippen LogP contribution in [0.5, 0.6) is 0 Å². The Morgan fingerprint density at radius 1 is 1.17 bits per heavy atom. The highest BCUT2D eigenvalue weighted by atomic mass is 16.6. The molecule has 0 saturated heterocycles. The number of nitrogens with zero attached hydrogens (tertiary/aromatic N) is 2. The standard InChI is InChI=1S/C22H19N3O5/c1-14-12-16(6-8-18(14)25(28)29)21(26)23-17-7-9-19-15(13-17)4-2-10-24(19)22(27)20-5-3-11-30-20/h3,5-9,11-13H,2,4,10H2,1H3,(H,23,26). The van der Waals surface area contributed by atoms with Gasteiger partial charge in [0.2, 0.25) is 0 Å². The van der Waals surface area contributed by atoms with E-state index in [-0.39, 0.29) is 23.3 Å². The number of carbonyl (C=O) groups excluding carboxylic acids is 2. The highest BCUT2D eigenvalue weighted by Gasteiger charge is 2.25. The molecule has 8 heteroatoms. The fourth-order valence-electron chi connectivity index (χ4n) is 3.62. The van der Waals surface area contributed by atoms with Gasteiger partial charge in [0, 0.05) is 35.1 Å². The molecule has 152 valence electrons. The van der Waals surface area contributed by atoms with Crippen LogP contribution >= 0.6 is 0 Å². The van der Waals surface area contributed by atoms with Gasteiger partial charge in [-0.15, -0.1) is 0 Å². The van der Waals surface area contributed by atoms with Gasteiger partial charge in [-0.1, -0.05) is 0 Å². The number of carbonyl (C=O) groups is 2. The number of nitro benzene ring substituents is 1. The lowest BCUT2D eigenvalue weighted by molar-refractivity contribution is -0.385. The quantitative estimate of drug-likeness (QED) is 0.513. The molecule has 1 aromatic heterocycles. The van der Waals surface area contributed by atoms with E-state index in [1.54, 1.807) is 30.0 Å². The second-order valence-corrected chi connectivity index (χ2v) is 7.09. The first kappa shape index (κ1) is 19.4. The summed E-state index contributed by atoms with van der Waals surface area (Å²) in [7, 11) is 0. The Hall–Kier alpha value is -3.94. The normalized spacial score (nSPS) is 12.9. The third-order valence-corrected chi connectivity index (χ3v) is 5.09. The van der Waals surface area contributed by atoms with Crippen molar-refractivity contribution in [1.29, 1.82) is 0 Å². The molecule has 0 fully saturated rings. The minimum atomic E-state index is -0.476. The monoisotopic (exact) mass is 405 g/mol. The van der Waals surface area contributed by atoms with E-state index in [1.807, 2.05) is 12.1 Å². The average molecular weight is 405 g/mol. The van der Waals surface area contributed by atoms with Crippen LogP contribution in [0.4, 0.5) is 17.1 Å². The Morgan fingerprint density at radius 3 is 2.70 bits per heavy atom. The molecule has 1 N–H and O–H groups in total. The van der Waals surface area contributed by atoms with E-state index < -0.39 is 4.92 Å². The van der Waals surface area contributed by atoms with Crippen LogP contribution in [0.1, 0.15) is 38.5 Å². The van der Waals surface area contributed by atoms with Crippen molar-refractivity contribution in [3.05, 3.63) is 87.4 Å². The summed E-state index contributed by atoms with van der Waals surface area (Å²) < 4.78 is 5.23. The summed E-state index contributed by atoms with van der Waals surface area (Å²) in [6.45, 7) is 2.19. The van der Waals surface area contributed by atoms with Crippen LogP contribution in [0, 0.1) is 17.0 Å². The first-order valence-electron chi connectivity index (χ1n) is 9.49. The fourth-order valence-corrected chi connectivity index (χ4v) is 3.62. The molecule has 0 aliphatic carbocycles. The summed E-state index contributed by atoms with van der Waals surface area (Å²) in [5.41, 5.74) is 3.09. The van der Waals surface area contributed by atoms with Crippen molar-refractivity contribution in [2.45, 2.75) is 19.8 Å². The number of benzene rings is 2. The van der Waals surface area contributed by atoms with E-state index in [0.29, 0.717) is 23.4 Å². The van der Waals surface area contributed by atoms with Gasteiger partial charge in [0.05, 0.1) is 11.2 Å². The predicted molar refractivity (Wildman–Crippen MR) is 111 cm³/mol. The largest absolute Gasteiger partial charge is 0.459 e. The molecule has 2 heterocycles. The molecule has 2 amide bonds. The maximum Gasteiger partial charge on any atom is 0.293 e. The van der Waals surface area contributed by atoms with Crippen molar-refractivity contribution in [2.75, 3.05) is 16.8 Å².